The minimum Gasteiger partial charge on any atom is -0.334 e. The molecule has 0 saturated heterocycles. The molecule has 0 atom stereocenters. The Hall–Kier alpha value is -3.91. The van der Waals surface area contributed by atoms with Gasteiger partial charge in [0.2, 0.25) is 9.84 Å². The maximum absolute atomic E-state index is 13.1. The number of sulfonamides is 2. The number of nitrogens with one attached hydrogen (secondary N) is 2. The normalized spacial score (nSPS) is 12.4. The summed E-state index contributed by atoms with van der Waals surface area (Å²) >= 11 is 0. The number of rotatable bonds is 6. The van der Waals surface area contributed by atoms with E-state index in [0.717, 1.165) is 9.48 Å². The number of sulfone groups is 1. The van der Waals surface area contributed by atoms with E-state index in [2.05, 4.69) is 0 Å². The van der Waals surface area contributed by atoms with Gasteiger partial charge in [0.25, 0.3) is 30.2 Å². The Bertz CT molecular complexity index is 1710. The summed E-state index contributed by atoms with van der Waals surface area (Å²) < 4.78 is 94.6. The number of hydrogen-bond acceptors (Lipinski definition) is 10. The highest BCUT2D eigenvalue weighted by Crippen LogP contribution is 2.25. The van der Waals surface area contributed by atoms with Gasteiger partial charge in [-0.15, -0.1) is 0 Å². The zero-order valence-corrected chi connectivity index (χ0v) is 21.4. The summed E-state index contributed by atoms with van der Waals surface area (Å²) in [4.78, 5) is -0.147. The van der Waals surface area contributed by atoms with E-state index in [-0.39, 0.29) is 32.6 Å². The molecule has 0 aliphatic rings. The van der Waals surface area contributed by atoms with E-state index in [0.29, 0.717) is 0 Å². The molecule has 0 fully saturated rings. The summed E-state index contributed by atoms with van der Waals surface area (Å²) in [6.45, 7) is 2.76. The van der Waals surface area contributed by atoms with Gasteiger partial charge in [0.1, 0.15) is 11.4 Å². The molecule has 4 aromatic rings. The topological polar surface area (TPSA) is 248 Å². The van der Waals surface area contributed by atoms with Gasteiger partial charge in [0.15, 0.2) is 0 Å². The van der Waals surface area contributed by atoms with Crippen molar-refractivity contribution in [2.45, 2.75) is 33.8 Å². The highest BCUT2D eigenvalue weighted by Gasteiger charge is 2.23. The van der Waals surface area contributed by atoms with Crippen LogP contribution in [0.25, 0.3) is 11.4 Å². The zero-order valence-electron chi connectivity index (χ0n) is 19.0. The Kier molecular flexibility index (Phi) is 6.50. The average molecular weight is 577 g/mol. The first-order valence-electron chi connectivity index (χ1n) is 9.91. The zero-order chi connectivity index (χ0) is 27.2. The second-order valence-corrected chi connectivity index (χ2v) is 12.3. The van der Waals surface area contributed by atoms with Crippen molar-refractivity contribution < 1.29 is 43.6 Å². The molecule has 0 amide bonds. The fraction of sp³-hybridized carbons (Fsp3) is 0.111. The van der Waals surface area contributed by atoms with Gasteiger partial charge in [0.05, 0.1) is 21.2 Å². The molecule has 6 N–H and O–H groups in total. The van der Waals surface area contributed by atoms with Crippen molar-refractivity contribution in [2.75, 3.05) is 0 Å². The third-order valence-electron chi connectivity index (χ3n) is 5.01. The summed E-state index contributed by atoms with van der Waals surface area (Å²) in [5.74, 6) is 0. The van der Waals surface area contributed by atoms with E-state index in [9.17, 15) is 25.3 Å². The van der Waals surface area contributed by atoms with Crippen LogP contribution in [-0.2, 0) is 29.9 Å². The lowest BCUT2D eigenvalue weighted by Gasteiger charge is -2.12. The van der Waals surface area contributed by atoms with Gasteiger partial charge >= 0.3 is 0 Å². The van der Waals surface area contributed by atoms with Crippen LogP contribution in [0.5, 0.6) is 0 Å². The van der Waals surface area contributed by atoms with Crippen molar-refractivity contribution in [2.24, 2.45) is 10.3 Å². The number of primary sulfonamides is 2. The molecule has 4 rings (SSSR count). The fourth-order valence-electron chi connectivity index (χ4n) is 3.32. The molecule has 0 radical (unpaired) electrons. The molecule has 0 aliphatic carbocycles. The maximum atomic E-state index is 13.1. The van der Waals surface area contributed by atoms with E-state index >= 15 is 0 Å². The first-order chi connectivity index (χ1) is 17.2. The van der Waals surface area contributed by atoms with Crippen LogP contribution in [0.4, 0.5) is 0 Å². The van der Waals surface area contributed by atoms with E-state index in [1.165, 1.54) is 62.4 Å². The van der Waals surface area contributed by atoms with Gasteiger partial charge < -0.3 is 9.05 Å². The predicted octanol–water partition coefficient (Wildman–Crippen LogP) is 1.29. The Labute approximate surface area is 208 Å². The molecule has 2 aromatic carbocycles. The van der Waals surface area contributed by atoms with Crippen molar-refractivity contribution >= 4 is 29.9 Å². The summed E-state index contributed by atoms with van der Waals surface area (Å²) in [5.41, 5.74) is 0.548. The molecular formula is C18H20N6O10S3. The third-order valence-corrected chi connectivity index (χ3v) is 8.58. The summed E-state index contributed by atoms with van der Waals surface area (Å²) in [6.07, 6.45) is 0. The van der Waals surface area contributed by atoms with E-state index < -0.39 is 40.1 Å². The number of H-pyrrole nitrogens is 2. The Balaban J connectivity index is 1.67. The molecule has 0 saturated carbocycles. The van der Waals surface area contributed by atoms with Gasteiger partial charge in [-0.3, -0.25) is 9.26 Å². The van der Waals surface area contributed by atoms with Crippen LogP contribution in [0, 0.1) is 13.8 Å². The molecule has 2 heterocycles. The van der Waals surface area contributed by atoms with Crippen LogP contribution in [0.2, 0.25) is 0 Å². The third kappa shape index (κ3) is 5.02. The molecule has 0 bridgehead atoms. The highest BCUT2D eigenvalue weighted by molar-refractivity contribution is 7.91. The Morgan fingerprint density at radius 1 is 0.622 bits per heavy atom. The van der Waals surface area contributed by atoms with Crippen LogP contribution in [0.3, 0.4) is 0 Å². The summed E-state index contributed by atoms with van der Waals surface area (Å²) in [6, 6.07) is 10.7. The molecule has 37 heavy (non-hydrogen) atoms. The lowest BCUT2D eigenvalue weighted by molar-refractivity contribution is 0.0557. The largest absolute Gasteiger partial charge is 0.334 e. The van der Waals surface area contributed by atoms with Crippen LogP contribution in [0.15, 0.2) is 86.8 Å². The van der Waals surface area contributed by atoms with Gasteiger partial charge in [-0.1, -0.05) is 10.7 Å². The van der Waals surface area contributed by atoms with Crippen LogP contribution >= 0.6 is 0 Å². The number of nitrogens with two attached hydrogens (primary N) is 2. The second kappa shape index (κ2) is 9.19. The number of nitrogens with zero attached hydrogens (tertiary/aromatic N) is 2. The molecule has 0 spiro atoms. The van der Waals surface area contributed by atoms with Gasteiger partial charge in [-0.2, -0.15) is 9.48 Å². The highest BCUT2D eigenvalue weighted by atomic mass is 32.2. The summed E-state index contributed by atoms with van der Waals surface area (Å²) in [7, 11) is -12.4. The fourth-order valence-corrected chi connectivity index (χ4v) is 5.87. The molecule has 16 nitrogen and oxygen atoms in total. The van der Waals surface area contributed by atoms with Crippen molar-refractivity contribution in [1.29, 1.82) is 0 Å². The van der Waals surface area contributed by atoms with Gasteiger partial charge in [0, 0.05) is 0 Å². The number of benzene rings is 2. The summed E-state index contributed by atoms with van der Waals surface area (Å²) in [5, 5.41) is 13.0. The Morgan fingerprint density at radius 2 is 0.946 bits per heavy atom. The SMILES string of the molecule is Cc1c(S(N)(=O)=O)o[nH]on1-c1ccc(S(=O)(=O)c2ccc(-n3o[nH]oc(S(N)(=O)=O)c3C)cc2)cc1. The van der Waals surface area contributed by atoms with E-state index in [4.69, 9.17) is 28.6 Å². The van der Waals surface area contributed by atoms with E-state index in [1.807, 2.05) is 10.7 Å². The Morgan fingerprint density at radius 3 is 1.24 bits per heavy atom. The quantitative estimate of drug-likeness (QED) is 0.256. The van der Waals surface area contributed by atoms with Gasteiger partial charge in [-0.05, 0) is 62.4 Å². The van der Waals surface area contributed by atoms with Crippen LogP contribution in [-0.4, -0.2) is 45.4 Å². The first-order valence-corrected chi connectivity index (χ1v) is 14.5. The minimum absolute atomic E-state index is 0.00204. The molecule has 200 valence electrons. The van der Waals surface area contributed by atoms with Crippen LogP contribution < -0.4 is 10.3 Å². The van der Waals surface area contributed by atoms with E-state index in [1.54, 1.807) is 0 Å². The lowest BCUT2D eigenvalue weighted by Crippen LogP contribution is -2.17. The predicted molar refractivity (Wildman–Crippen MR) is 122 cm³/mol. The number of aromatic amines is 2. The van der Waals surface area contributed by atoms with Crippen LogP contribution in [0.1, 0.15) is 11.4 Å². The number of aromatic nitrogens is 4. The van der Waals surface area contributed by atoms with Crippen molar-refractivity contribution in [3.05, 3.63) is 59.9 Å². The monoisotopic (exact) mass is 576 g/mol. The molecule has 2 aromatic heterocycles. The first kappa shape index (κ1) is 26.2. The average Bonchev–Trinajstić information content (AvgIpc) is 2.83. The molecular weight excluding hydrogens is 556 g/mol. The van der Waals surface area contributed by atoms with Gasteiger partial charge in [-0.25, -0.2) is 35.5 Å². The van der Waals surface area contributed by atoms with Crippen molar-refractivity contribution in [1.82, 2.24) is 20.1 Å². The molecule has 0 aliphatic heterocycles. The second-order valence-electron chi connectivity index (χ2n) is 7.47. The minimum atomic E-state index is -4.19. The van der Waals surface area contributed by atoms with Crippen molar-refractivity contribution in [3.63, 3.8) is 0 Å². The molecule has 0 unspecified atom stereocenters. The standard InChI is InChI=1S/C18H20N6O10S3/c1-11-17(36(19,27)28)31-21-33-23(11)13-3-7-15(8-4-13)35(25,26)16-9-5-14(6-10-16)24-12(2)18(32-22-34-24)37(20,29)30/h3-10,21-22H,1-2H3,(H2,19,27,28)(H2,20,29,30). The maximum Gasteiger partial charge on any atom is 0.287 e. The smallest absolute Gasteiger partial charge is 0.287 e. The molecule has 19 heteroatoms. The number of hydrogen-bond donors (Lipinski definition) is 4. The van der Waals surface area contributed by atoms with Crippen molar-refractivity contribution in [3.8, 4) is 11.4 Å². The lowest BCUT2D eigenvalue weighted by atomic mass is 10.3.